The number of aliphatic hydroxyl groups is 2. The SMILES string of the molecule is CO[C@@H]1C[C@H](C2[C@@H](C)C(=O)O[C@H](C)[C@H](C)[C@H](O)[C@@H](C)C(=O)[C@]3(CO3)C[C@H](C)[C@H](C(C)C)[C@H]2C)O[C@@H](C)[C@@H]1O. The first-order valence-corrected chi connectivity index (χ1v) is 14.6. The van der Waals surface area contributed by atoms with Gasteiger partial charge in [0.05, 0.1) is 36.9 Å². The maximum absolute atomic E-state index is 13.6. The molecule has 3 heterocycles. The summed E-state index contributed by atoms with van der Waals surface area (Å²) in [5.41, 5.74) is -0.862. The van der Waals surface area contributed by atoms with E-state index in [0.29, 0.717) is 19.4 Å². The molecule has 0 aromatic rings. The Hall–Kier alpha value is -1.06. The summed E-state index contributed by atoms with van der Waals surface area (Å²) in [6.07, 6.45) is -2.37. The molecule has 8 heteroatoms. The zero-order valence-corrected chi connectivity index (χ0v) is 25.0. The summed E-state index contributed by atoms with van der Waals surface area (Å²) in [4.78, 5) is 27.2. The third-order valence-corrected chi connectivity index (χ3v) is 10.1. The van der Waals surface area contributed by atoms with Crippen molar-refractivity contribution in [1.29, 1.82) is 0 Å². The summed E-state index contributed by atoms with van der Waals surface area (Å²) in [5.74, 6) is -1.55. The Kier molecular flexibility index (Phi) is 10.1. The molecule has 220 valence electrons. The van der Waals surface area contributed by atoms with Gasteiger partial charge in [0.15, 0.2) is 11.4 Å². The monoisotopic (exact) mass is 540 g/mol. The number of carbonyl (C=O) groups excluding carboxylic acids is 2. The molecule has 2 N–H and O–H groups in total. The minimum atomic E-state index is -0.956. The van der Waals surface area contributed by atoms with Crippen LogP contribution in [0.25, 0.3) is 0 Å². The molecule has 3 rings (SSSR count). The van der Waals surface area contributed by atoms with Gasteiger partial charge in [0, 0.05) is 31.3 Å². The van der Waals surface area contributed by atoms with Crippen molar-refractivity contribution >= 4 is 11.8 Å². The first kappa shape index (κ1) is 31.5. The van der Waals surface area contributed by atoms with Crippen LogP contribution in [0.4, 0.5) is 0 Å². The fourth-order valence-electron chi connectivity index (χ4n) is 7.68. The molecule has 0 saturated carbocycles. The van der Waals surface area contributed by atoms with E-state index in [-0.39, 0.29) is 47.4 Å². The largest absolute Gasteiger partial charge is 0.462 e. The highest BCUT2D eigenvalue weighted by Gasteiger charge is 2.57. The van der Waals surface area contributed by atoms with E-state index in [1.165, 1.54) is 0 Å². The maximum atomic E-state index is 13.6. The van der Waals surface area contributed by atoms with Gasteiger partial charge in [-0.1, -0.05) is 48.5 Å². The van der Waals surface area contributed by atoms with Crippen LogP contribution < -0.4 is 0 Å². The summed E-state index contributed by atoms with van der Waals surface area (Å²) in [6, 6.07) is 0. The van der Waals surface area contributed by atoms with Crippen LogP contribution >= 0.6 is 0 Å². The van der Waals surface area contributed by atoms with Crippen LogP contribution in [0.2, 0.25) is 0 Å². The van der Waals surface area contributed by atoms with E-state index in [4.69, 9.17) is 18.9 Å². The lowest BCUT2D eigenvalue weighted by atomic mass is 9.63. The lowest BCUT2D eigenvalue weighted by molar-refractivity contribution is -0.201. The highest BCUT2D eigenvalue weighted by Crippen LogP contribution is 2.47. The first-order valence-electron chi connectivity index (χ1n) is 14.6. The molecule has 3 aliphatic rings. The average molecular weight is 541 g/mol. The number of Topliss-reactive ketones (excluding diaryl/α,β-unsaturated/α-hetero) is 1. The van der Waals surface area contributed by atoms with Gasteiger partial charge in [-0.15, -0.1) is 0 Å². The molecule has 3 saturated heterocycles. The fraction of sp³-hybridized carbons (Fsp3) is 0.933. The van der Waals surface area contributed by atoms with Crippen LogP contribution in [0.15, 0.2) is 0 Å². The highest BCUT2D eigenvalue weighted by atomic mass is 16.6. The summed E-state index contributed by atoms with van der Waals surface area (Å²) in [6.45, 7) is 18.2. The number of aliphatic hydroxyl groups excluding tert-OH is 2. The van der Waals surface area contributed by atoms with E-state index >= 15 is 0 Å². The van der Waals surface area contributed by atoms with Crippen molar-refractivity contribution in [2.45, 2.75) is 117 Å². The molecule has 1 unspecified atom stereocenters. The third-order valence-electron chi connectivity index (χ3n) is 10.1. The number of ether oxygens (including phenoxy) is 4. The number of cyclic esters (lactones) is 1. The molecule has 0 radical (unpaired) electrons. The molecule has 38 heavy (non-hydrogen) atoms. The van der Waals surface area contributed by atoms with Crippen molar-refractivity contribution in [3.63, 3.8) is 0 Å². The third kappa shape index (κ3) is 6.14. The van der Waals surface area contributed by atoms with E-state index in [0.717, 1.165) is 0 Å². The maximum Gasteiger partial charge on any atom is 0.309 e. The second kappa shape index (κ2) is 12.2. The van der Waals surface area contributed by atoms with E-state index in [1.54, 1.807) is 21.0 Å². The predicted octanol–water partition coefficient (Wildman–Crippen LogP) is 3.64. The van der Waals surface area contributed by atoms with E-state index in [9.17, 15) is 19.8 Å². The smallest absolute Gasteiger partial charge is 0.309 e. The summed E-state index contributed by atoms with van der Waals surface area (Å²) < 4.78 is 23.8. The van der Waals surface area contributed by atoms with Gasteiger partial charge >= 0.3 is 5.97 Å². The Morgan fingerprint density at radius 1 is 0.921 bits per heavy atom. The number of carbonyl (C=O) groups is 2. The fourth-order valence-corrected chi connectivity index (χ4v) is 7.68. The van der Waals surface area contributed by atoms with Crippen molar-refractivity contribution in [3.05, 3.63) is 0 Å². The van der Waals surface area contributed by atoms with Crippen LogP contribution in [-0.4, -0.2) is 77.9 Å². The van der Waals surface area contributed by atoms with Gasteiger partial charge in [-0.25, -0.2) is 0 Å². The molecule has 3 aliphatic heterocycles. The second-order valence-electron chi connectivity index (χ2n) is 13.0. The Morgan fingerprint density at radius 3 is 2.05 bits per heavy atom. The summed E-state index contributed by atoms with van der Waals surface area (Å²) in [5, 5.41) is 21.7. The second-order valence-corrected chi connectivity index (χ2v) is 13.0. The molecule has 3 fully saturated rings. The van der Waals surface area contributed by atoms with Gasteiger partial charge in [0.2, 0.25) is 0 Å². The number of esters is 1. The van der Waals surface area contributed by atoms with Gasteiger partial charge in [0.25, 0.3) is 0 Å². The van der Waals surface area contributed by atoms with Crippen molar-refractivity contribution in [2.24, 2.45) is 47.3 Å². The molecule has 14 atom stereocenters. The standard InChI is InChI=1S/C30H52O8/c1-14(2)24-15(3)12-30(13-36-30)28(33)19(7)26(31)16(4)20(8)38-29(34)18(6)25(17(24)5)22-11-23(35-10)27(32)21(9)37-22/h14-27,31-32H,11-13H2,1-10H3/t15-,16-,17+,18+,19+,20+,21-,22+,23+,24-,25?,26-,27-,30+/m0/s1. The quantitative estimate of drug-likeness (QED) is 0.412. The number of ketones is 1. The normalized spacial score (nSPS) is 49.6. The number of rotatable bonds is 3. The van der Waals surface area contributed by atoms with Crippen molar-refractivity contribution in [2.75, 3.05) is 13.7 Å². The average Bonchev–Trinajstić information content (AvgIpc) is 3.63. The van der Waals surface area contributed by atoms with Gasteiger partial charge in [-0.2, -0.15) is 0 Å². The molecule has 1 spiro atoms. The van der Waals surface area contributed by atoms with Crippen molar-refractivity contribution in [1.82, 2.24) is 0 Å². The first-order chi connectivity index (χ1) is 17.7. The van der Waals surface area contributed by atoms with Gasteiger partial charge < -0.3 is 29.2 Å². The molecule has 0 aromatic carbocycles. The Balaban J connectivity index is 2.05. The molecular weight excluding hydrogens is 488 g/mol. The Morgan fingerprint density at radius 2 is 1.53 bits per heavy atom. The lowest BCUT2D eigenvalue weighted by Gasteiger charge is -2.47. The Labute approximate surface area is 229 Å². The number of hydrogen-bond acceptors (Lipinski definition) is 8. The van der Waals surface area contributed by atoms with Gasteiger partial charge in [0.1, 0.15) is 12.2 Å². The van der Waals surface area contributed by atoms with Crippen LogP contribution in [0.1, 0.15) is 75.2 Å². The van der Waals surface area contributed by atoms with E-state index < -0.39 is 53.9 Å². The van der Waals surface area contributed by atoms with Crippen molar-refractivity contribution in [3.8, 4) is 0 Å². The molecule has 0 aromatic heterocycles. The minimum Gasteiger partial charge on any atom is -0.462 e. The number of epoxide rings is 1. The number of hydrogen-bond donors (Lipinski definition) is 2. The minimum absolute atomic E-state index is 0.0436. The molecule has 0 bridgehead atoms. The highest BCUT2D eigenvalue weighted by molar-refractivity contribution is 5.92. The van der Waals surface area contributed by atoms with Crippen LogP contribution in [0.3, 0.4) is 0 Å². The molecule has 0 aliphatic carbocycles. The molecule has 0 amide bonds. The summed E-state index contributed by atoms with van der Waals surface area (Å²) >= 11 is 0. The van der Waals surface area contributed by atoms with E-state index in [2.05, 4.69) is 27.7 Å². The molecular formula is C30H52O8. The molecule has 8 nitrogen and oxygen atoms in total. The van der Waals surface area contributed by atoms with Gasteiger partial charge in [-0.05, 0) is 43.9 Å². The van der Waals surface area contributed by atoms with Crippen LogP contribution in [-0.2, 0) is 28.5 Å². The lowest BCUT2D eigenvalue weighted by Crippen LogP contribution is -2.54. The summed E-state index contributed by atoms with van der Waals surface area (Å²) in [7, 11) is 1.60. The topological polar surface area (TPSA) is 115 Å². The van der Waals surface area contributed by atoms with Gasteiger partial charge in [-0.3, -0.25) is 9.59 Å². The number of methoxy groups -OCH3 is 1. The van der Waals surface area contributed by atoms with Crippen molar-refractivity contribution < 1.29 is 38.7 Å². The predicted molar refractivity (Wildman–Crippen MR) is 143 cm³/mol. The van der Waals surface area contributed by atoms with Crippen LogP contribution in [0, 0.1) is 47.3 Å². The zero-order chi connectivity index (χ0) is 28.7. The van der Waals surface area contributed by atoms with Crippen LogP contribution in [0.5, 0.6) is 0 Å². The Bertz CT molecular complexity index is 825. The van der Waals surface area contributed by atoms with E-state index in [1.807, 2.05) is 20.8 Å². The zero-order valence-electron chi connectivity index (χ0n) is 25.0.